The number of rotatable bonds is 2. The fourth-order valence-corrected chi connectivity index (χ4v) is 1.72. The molecule has 3 N–H and O–H groups in total. The van der Waals surface area contributed by atoms with Crippen LogP contribution in [0.5, 0.6) is 0 Å². The van der Waals surface area contributed by atoms with E-state index in [1.165, 1.54) is 10.8 Å². The molecule has 2 atom stereocenters. The molecule has 1 aromatic rings. The van der Waals surface area contributed by atoms with Crippen LogP contribution in [0.15, 0.2) is 15.8 Å². The van der Waals surface area contributed by atoms with Gasteiger partial charge in [0.2, 0.25) is 0 Å². The Bertz CT molecular complexity index is 492. The molecular weight excluding hydrogens is 214 g/mol. The van der Waals surface area contributed by atoms with E-state index >= 15 is 0 Å². The SMILES string of the molecule is Cc1cn(C2CCC(NO)O2)c(=O)[nH]c1=O. The highest BCUT2D eigenvalue weighted by molar-refractivity contribution is 5.01. The number of aryl methyl sites for hydroxylation is 1. The first-order chi connectivity index (χ1) is 7.61. The quantitative estimate of drug-likeness (QED) is 0.589. The van der Waals surface area contributed by atoms with Crippen molar-refractivity contribution >= 4 is 0 Å². The van der Waals surface area contributed by atoms with E-state index in [0.29, 0.717) is 18.4 Å². The second-order valence-corrected chi connectivity index (χ2v) is 3.76. The van der Waals surface area contributed by atoms with Crippen molar-refractivity contribution in [3.63, 3.8) is 0 Å². The third-order valence-electron chi connectivity index (χ3n) is 2.60. The number of aromatic amines is 1. The smallest absolute Gasteiger partial charge is 0.330 e. The number of hydroxylamine groups is 1. The number of nitrogens with zero attached hydrogens (tertiary/aromatic N) is 1. The topological polar surface area (TPSA) is 96.3 Å². The number of H-pyrrole nitrogens is 1. The van der Waals surface area contributed by atoms with Gasteiger partial charge in [0.05, 0.1) is 0 Å². The highest BCUT2D eigenvalue weighted by atomic mass is 16.6. The fraction of sp³-hybridized carbons (Fsp3) is 0.556. The summed E-state index contributed by atoms with van der Waals surface area (Å²) in [6.45, 7) is 1.62. The van der Waals surface area contributed by atoms with E-state index in [1.807, 2.05) is 5.48 Å². The largest absolute Gasteiger partial charge is 0.338 e. The molecule has 7 heteroatoms. The van der Waals surface area contributed by atoms with Crippen LogP contribution in [0.2, 0.25) is 0 Å². The molecule has 2 unspecified atom stereocenters. The average molecular weight is 227 g/mol. The zero-order valence-electron chi connectivity index (χ0n) is 8.77. The summed E-state index contributed by atoms with van der Waals surface area (Å²) in [7, 11) is 0. The predicted octanol–water partition coefficient (Wildman–Crippen LogP) is -0.541. The Morgan fingerprint density at radius 2 is 2.31 bits per heavy atom. The van der Waals surface area contributed by atoms with Crippen molar-refractivity contribution in [3.05, 3.63) is 32.6 Å². The maximum atomic E-state index is 11.5. The molecule has 2 rings (SSSR count). The molecule has 7 nitrogen and oxygen atoms in total. The molecule has 0 saturated carbocycles. The van der Waals surface area contributed by atoms with E-state index in [2.05, 4.69) is 4.98 Å². The van der Waals surface area contributed by atoms with E-state index < -0.39 is 23.7 Å². The molecule has 1 aromatic heterocycles. The molecular formula is C9H13N3O4. The Balaban J connectivity index is 2.32. The first-order valence-corrected chi connectivity index (χ1v) is 4.99. The van der Waals surface area contributed by atoms with Gasteiger partial charge in [0.1, 0.15) is 12.5 Å². The molecule has 0 aliphatic carbocycles. The van der Waals surface area contributed by atoms with Gasteiger partial charge in [0.15, 0.2) is 0 Å². The molecule has 2 heterocycles. The first kappa shape index (κ1) is 11.1. The van der Waals surface area contributed by atoms with E-state index in [-0.39, 0.29) is 0 Å². The number of ether oxygens (including phenoxy) is 1. The fourth-order valence-electron chi connectivity index (χ4n) is 1.72. The lowest BCUT2D eigenvalue weighted by Gasteiger charge is -2.14. The summed E-state index contributed by atoms with van der Waals surface area (Å²) in [5.41, 5.74) is 1.55. The lowest BCUT2D eigenvalue weighted by Crippen LogP contribution is -2.34. The molecule has 0 radical (unpaired) electrons. The summed E-state index contributed by atoms with van der Waals surface area (Å²) in [5, 5.41) is 8.68. The molecule has 0 aromatic carbocycles. The van der Waals surface area contributed by atoms with E-state index in [1.54, 1.807) is 6.92 Å². The minimum Gasteiger partial charge on any atom is -0.338 e. The van der Waals surface area contributed by atoms with E-state index in [9.17, 15) is 9.59 Å². The predicted molar refractivity (Wildman–Crippen MR) is 54.1 cm³/mol. The van der Waals surface area contributed by atoms with Crippen LogP contribution in [-0.4, -0.2) is 21.0 Å². The summed E-state index contributed by atoms with van der Waals surface area (Å²) >= 11 is 0. The molecule has 0 spiro atoms. The highest BCUT2D eigenvalue weighted by Crippen LogP contribution is 2.24. The lowest BCUT2D eigenvalue weighted by molar-refractivity contribution is -0.0724. The Kier molecular flexibility index (Phi) is 2.90. The monoisotopic (exact) mass is 227 g/mol. The molecule has 1 fully saturated rings. The second kappa shape index (κ2) is 4.20. The van der Waals surface area contributed by atoms with Crippen LogP contribution in [0.4, 0.5) is 0 Å². The number of hydrogen-bond donors (Lipinski definition) is 3. The Morgan fingerprint density at radius 1 is 1.56 bits per heavy atom. The van der Waals surface area contributed by atoms with Gasteiger partial charge < -0.3 is 9.94 Å². The van der Waals surface area contributed by atoms with Gasteiger partial charge in [-0.05, 0) is 19.8 Å². The summed E-state index contributed by atoms with van der Waals surface area (Å²) in [6.07, 6.45) is 1.75. The van der Waals surface area contributed by atoms with Gasteiger partial charge >= 0.3 is 5.69 Å². The average Bonchev–Trinajstić information content (AvgIpc) is 2.71. The third-order valence-corrected chi connectivity index (χ3v) is 2.60. The molecule has 0 bridgehead atoms. The van der Waals surface area contributed by atoms with Crippen LogP contribution in [0.3, 0.4) is 0 Å². The van der Waals surface area contributed by atoms with Gasteiger partial charge in [-0.25, -0.2) is 4.79 Å². The number of nitrogens with one attached hydrogen (secondary N) is 2. The Labute approximate surface area is 90.6 Å². The maximum Gasteiger partial charge on any atom is 0.330 e. The van der Waals surface area contributed by atoms with Gasteiger partial charge in [-0.15, -0.1) is 0 Å². The maximum absolute atomic E-state index is 11.5. The molecule has 16 heavy (non-hydrogen) atoms. The van der Waals surface area contributed by atoms with Crippen molar-refractivity contribution in [2.24, 2.45) is 0 Å². The summed E-state index contributed by atoms with van der Waals surface area (Å²) in [5.74, 6) is 0. The summed E-state index contributed by atoms with van der Waals surface area (Å²) in [4.78, 5) is 24.9. The number of hydrogen-bond acceptors (Lipinski definition) is 5. The normalized spacial score (nSPS) is 24.9. The van der Waals surface area contributed by atoms with Crippen molar-refractivity contribution in [1.29, 1.82) is 0 Å². The van der Waals surface area contributed by atoms with Crippen molar-refractivity contribution in [2.45, 2.75) is 32.2 Å². The van der Waals surface area contributed by atoms with Crippen LogP contribution >= 0.6 is 0 Å². The molecule has 1 aliphatic heterocycles. The first-order valence-electron chi connectivity index (χ1n) is 4.99. The van der Waals surface area contributed by atoms with Crippen LogP contribution in [-0.2, 0) is 4.74 Å². The van der Waals surface area contributed by atoms with Gasteiger partial charge in [0.25, 0.3) is 5.56 Å². The number of aromatic nitrogens is 2. The van der Waals surface area contributed by atoms with Gasteiger partial charge in [-0.1, -0.05) is 0 Å². The summed E-state index contributed by atoms with van der Waals surface area (Å²) in [6, 6.07) is 0. The second-order valence-electron chi connectivity index (χ2n) is 3.76. The Morgan fingerprint density at radius 3 is 2.94 bits per heavy atom. The third kappa shape index (κ3) is 1.92. The molecule has 88 valence electrons. The van der Waals surface area contributed by atoms with Crippen LogP contribution in [0.25, 0.3) is 0 Å². The van der Waals surface area contributed by atoms with Crippen molar-refractivity contribution in [2.75, 3.05) is 0 Å². The van der Waals surface area contributed by atoms with E-state index in [4.69, 9.17) is 9.94 Å². The van der Waals surface area contributed by atoms with Crippen molar-refractivity contribution < 1.29 is 9.94 Å². The van der Waals surface area contributed by atoms with Gasteiger partial charge in [-0.3, -0.25) is 14.3 Å². The van der Waals surface area contributed by atoms with Crippen molar-refractivity contribution in [3.8, 4) is 0 Å². The molecule has 1 aliphatic rings. The summed E-state index contributed by atoms with van der Waals surface area (Å²) < 4.78 is 6.68. The van der Waals surface area contributed by atoms with Crippen LogP contribution in [0.1, 0.15) is 24.6 Å². The zero-order valence-corrected chi connectivity index (χ0v) is 8.77. The standard InChI is InChI=1S/C9H13N3O4/c1-5-4-12(9(14)10-8(5)13)7-3-2-6(11-15)16-7/h4,6-7,11,15H,2-3H2,1H3,(H,10,13,14). The molecule has 1 saturated heterocycles. The molecule has 0 amide bonds. The van der Waals surface area contributed by atoms with E-state index in [0.717, 1.165) is 0 Å². The van der Waals surface area contributed by atoms with Crippen LogP contribution in [0, 0.1) is 6.92 Å². The van der Waals surface area contributed by atoms with Crippen molar-refractivity contribution in [1.82, 2.24) is 15.0 Å². The Hall–Kier alpha value is -1.44. The highest BCUT2D eigenvalue weighted by Gasteiger charge is 2.26. The lowest BCUT2D eigenvalue weighted by atomic mass is 10.3. The minimum absolute atomic E-state index is 0.393. The minimum atomic E-state index is -0.501. The van der Waals surface area contributed by atoms with Gasteiger partial charge in [-0.2, -0.15) is 5.48 Å². The van der Waals surface area contributed by atoms with Gasteiger partial charge in [0, 0.05) is 11.8 Å². The zero-order chi connectivity index (χ0) is 11.7. The van der Waals surface area contributed by atoms with Crippen LogP contribution < -0.4 is 16.7 Å².